The highest BCUT2D eigenvalue weighted by atomic mass is 35.5. The summed E-state index contributed by atoms with van der Waals surface area (Å²) in [6.45, 7) is 2.63. The smallest absolute Gasteiger partial charge is 0.150 e. The molecule has 1 saturated carbocycles. The predicted octanol–water partition coefficient (Wildman–Crippen LogP) is 4.79. The van der Waals surface area contributed by atoms with E-state index in [0.29, 0.717) is 22.4 Å². The van der Waals surface area contributed by atoms with Gasteiger partial charge in [0.15, 0.2) is 0 Å². The number of hydrogen-bond acceptors (Lipinski definition) is 3. The molecule has 3 nitrogen and oxygen atoms in total. The van der Waals surface area contributed by atoms with Crippen LogP contribution in [0.3, 0.4) is 0 Å². The van der Waals surface area contributed by atoms with Gasteiger partial charge in [0.1, 0.15) is 11.0 Å². The van der Waals surface area contributed by atoms with Crippen molar-refractivity contribution in [1.82, 2.24) is 4.98 Å². The molecule has 1 aliphatic carbocycles. The molecule has 0 atom stereocenters. The van der Waals surface area contributed by atoms with E-state index in [-0.39, 0.29) is 5.15 Å². The number of nitrogens with one attached hydrogen (secondary N) is 1. The molecule has 0 amide bonds. The van der Waals surface area contributed by atoms with Gasteiger partial charge >= 0.3 is 0 Å². The van der Waals surface area contributed by atoms with Crippen LogP contribution in [0.5, 0.6) is 0 Å². The minimum absolute atomic E-state index is 0.209. The topological polar surface area (TPSA) is 45.1 Å². The van der Waals surface area contributed by atoms with Crippen LogP contribution >= 0.6 is 34.8 Å². The van der Waals surface area contributed by atoms with Crippen molar-refractivity contribution in [2.45, 2.75) is 44.6 Å². The molecule has 1 aliphatic rings. The third kappa shape index (κ3) is 3.91. The third-order valence-corrected chi connectivity index (χ3v) is 5.05. The Morgan fingerprint density at radius 3 is 2.55 bits per heavy atom. The van der Waals surface area contributed by atoms with Crippen molar-refractivity contribution in [1.29, 1.82) is 0 Å². The van der Waals surface area contributed by atoms with Gasteiger partial charge in [-0.15, -0.1) is 0 Å². The molecule has 0 radical (unpaired) electrons. The Morgan fingerprint density at radius 1 is 1.30 bits per heavy atom. The molecule has 6 heteroatoms. The number of nitrogens with zero attached hydrogens (tertiary/aromatic N) is 1. The summed E-state index contributed by atoms with van der Waals surface area (Å²) in [5.41, 5.74) is -0.692. The van der Waals surface area contributed by atoms with Crippen molar-refractivity contribution < 1.29 is 5.11 Å². The average molecular weight is 338 g/mol. The van der Waals surface area contributed by atoms with Gasteiger partial charge in [0.05, 0.1) is 15.6 Å². The molecule has 0 spiro atoms. The summed E-state index contributed by atoms with van der Waals surface area (Å²) in [5, 5.41) is 14.6. The maximum absolute atomic E-state index is 10.6. The molecule has 20 heavy (non-hydrogen) atoms. The first-order valence-corrected chi connectivity index (χ1v) is 8.05. The van der Waals surface area contributed by atoms with Gasteiger partial charge in [0.2, 0.25) is 0 Å². The molecule has 1 heterocycles. The van der Waals surface area contributed by atoms with Crippen LogP contribution in [0.2, 0.25) is 15.2 Å². The van der Waals surface area contributed by atoms with Crippen molar-refractivity contribution in [3.8, 4) is 0 Å². The van der Waals surface area contributed by atoms with E-state index in [4.69, 9.17) is 34.8 Å². The lowest BCUT2D eigenvalue weighted by Crippen LogP contribution is -2.40. The quantitative estimate of drug-likeness (QED) is 0.777. The minimum atomic E-state index is -0.692. The molecule has 2 N–H and O–H groups in total. The largest absolute Gasteiger partial charge is 0.388 e. The van der Waals surface area contributed by atoms with Crippen molar-refractivity contribution in [2.75, 3.05) is 11.9 Å². The molecular weight excluding hydrogens is 319 g/mol. The number of aromatic nitrogens is 1. The highest BCUT2D eigenvalue weighted by Gasteiger charge is 2.32. The lowest BCUT2D eigenvalue weighted by Gasteiger charge is -2.36. The summed E-state index contributed by atoms with van der Waals surface area (Å²) in [5.74, 6) is 1.20. The number of aliphatic hydroxyl groups is 1. The Bertz CT molecular complexity index is 474. The Kier molecular flexibility index (Phi) is 5.41. The van der Waals surface area contributed by atoms with Crippen LogP contribution in [0.15, 0.2) is 6.07 Å². The van der Waals surface area contributed by atoms with E-state index in [2.05, 4.69) is 17.2 Å². The van der Waals surface area contributed by atoms with Crippen LogP contribution in [-0.2, 0) is 0 Å². The Labute approximate surface area is 134 Å². The third-order valence-electron chi connectivity index (χ3n) is 4.08. The zero-order chi connectivity index (χ0) is 14.8. The molecule has 1 fully saturated rings. The van der Waals surface area contributed by atoms with E-state index >= 15 is 0 Å². The molecule has 112 valence electrons. The fourth-order valence-electron chi connectivity index (χ4n) is 2.62. The van der Waals surface area contributed by atoms with E-state index in [1.165, 1.54) is 6.42 Å². The summed E-state index contributed by atoms with van der Waals surface area (Å²) in [7, 11) is 0. The zero-order valence-electron chi connectivity index (χ0n) is 11.4. The van der Waals surface area contributed by atoms with E-state index < -0.39 is 5.60 Å². The maximum atomic E-state index is 10.6. The average Bonchev–Trinajstić information content (AvgIpc) is 2.42. The fraction of sp³-hybridized carbons (Fsp3) is 0.643. The molecule has 0 saturated heterocycles. The lowest BCUT2D eigenvalue weighted by atomic mass is 9.78. The van der Waals surface area contributed by atoms with Crippen LogP contribution in [0.1, 0.15) is 39.0 Å². The summed E-state index contributed by atoms with van der Waals surface area (Å²) in [6.07, 6.45) is 4.92. The molecule has 0 aliphatic heterocycles. The van der Waals surface area contributed by atoms with E-state index in [0.717, 1.165) is 31.6 Å². The molecule has 0 bridgehead atoms. The van der Waals surface area contributed by atoms with Crippen molar-refractivity contribution >= 4 is 40.6 Å². The summed E-state index contributed by atoms with van der Waals surface area (Å²) >= 11 is 17.8. The van der Waals surface area contributed by atoms with E-state index in [1.54, 1.807) is 6.07 Å². The SMILES string of the molecule is CCC1CCC(O)(CNc2nc(Cl)c(Cl)cc2Cl)CC1. The molecule has 2 rings (SSSR count). The monoisotopic (exact) mass is 336 g/mol. The highest BCUT2D eigenvalue weighted by Crippen LogP contribution is 2.35. The van der Waals surface area contributed by atoms with Crippen LogP contribution in [0, 0.1) is 5.92 Å². The number of rotatable bonds is 4. The van der Waals surface area contributed by atoms with Gasteiger partial charge in [-0.05, 0) is 37.7 Å². The second kappa shape index (κ2) is 6.69. The first-order valence-electron chi connectivity index (χ1n) is 6.91. The fourth-order valence-corrected chi connectivity index (χ4v) is 3.18. The van der Waals surface area contributed by atoms with Gasteiger partial charge in [0, 0.05) is 6.54 Å². The van der Waals surface area contributed by atoms with E-state index in [9.17, 15) is 5.11 Å². The maximum Gasteiger partial charge on any atom is 0.150 e. The van der Waals surface area contributed by atoms with Gasteiger partial charge in [-0.3, -0.25) is 0 Å². The van der Waals surface area contributed by atoms with Crippen molar-refractivity contribution in [2.24, 2.45) is 5.92 Å². The summed E-state index contributed by atoms with van der Waals surface area (Å²) in [4.78, 5) is 4.10. The van der Waals surface area contributed by atoms with Gasteiger partial charge in [-0.1, -0.05) is 48.1 Å². The zero-order valence-corrected chi connectivity index (χ0v) is 13.7. The molecule has 1 aromatic rings. The summed E-state index contributed by atoms with van der Waals surface area (Å²) in [6, 6.07) is 1.55. The molecule has 0 aromatic carbocycles. The van der Waals surface area contributed by atoms with Crippen LogP contribution in [-0.4, -0.2) is 22.2 Å². The lowest BCUT2D eigenvalue weighted by molar-refractivity contribution is 0.00223. The van der Waals surface area contributed by atoms with Gasteiger partial charge in [-0.2, -0.15) is 0 Å². The van der Waals surface area contributed by atoms with Gasteiger partial charge in [-0.25, -0.2) is 4.98 Å². The number of halogens is 3. The Balaban J connectivity index is 1.97. The number of pyridine rings is 1. The molecule has 1 aromatic heterocycles. The first kappa shape index (κ1) is 16.2. The first-order chi connectivity index (χ1) is 9.43. The van der Waals surface area contributed by atoms with Crippen LogP contribution in [0.4, 0.5) is 5.82 Å². The minimum Gasteiger partial charge on any atom is -0.388 e. The standard InChI is InChI=1S/C14H19Cl3N2O/c1-2-9-3-5-14(20,6-4-9)8-18-13-11(16)7-10(15)12(17)19-13/h7,9,20H,2-6,8H2,1H3,(H,18,19). The Hall–Kier alpha value is -0.220. The molecular formula is C14H19Cl3N2O. The van der Waals surface area contributed by atoms with Gasteiger partial charge in [0.25, 0.3) is 0 Å². The predicted molar refractivity (Wildman–Crippen MR) is 85.0 cm³/mol. The normalized spacial score (nSPS) is 26.6. The molecule has 0 unspecified atom stereocenters. The van der Waals surface area contributed by atoms with Crippen LogP contribution < -0.4 is 5.32 Å². The van der Waals surface area contributed by atoms with Crippen molar-refractivity contribution in [3.63, 3.8) is 0 Å². The van der Waals surface area contributed by atoms with E-state index in [1.807, 2.05) is 0 Å². The highest BCUT2D eigenvalue weighted by molar-refractivity contribution is 6.42. The second-order valence-corrected chi connectivity index (χ2v) is 6.69. The number of anilines is 1. The Morgan fingerprint density at radius 2 is 1.95 bits per heavy atom. The summed E-state index contributed by atoms with van der Waals surface area (Å²) < 4.78 is 0. The van der Waals surface area contributed by atoms with Crippen LogP contribution in [0.25, 0.3) is 0 Å². The van der Waals surface area contributed by atoms with Crippen molar-refractivity contribution in [3.05, 3.63) is 21.3 Å². The van der Waals surface area contributed by atoms with Gasteiger partial charge < -0.3 is 10.4 Å². The second-order valence-electron chi connectivity index (χ2n) is 5.52. The number of hydrogen-bond donors (Lipinski definition) is 2.